The molecule has 1 atom stereocenters. The second kappa shape index (κ2) is 4.09. The van der Waals surface area contributed by atoms with Gasteiger partial charge in [0.05, 0.1) is 0 Å². The van der Waals surface area contributed by atoms with Crippen LogP contribution in [0.4, 0.5) is 0 Å². The Labute approximate surface area is 96.2 Å². The summed E-state index contributed by atoms with van der Waals surface area (Å²) >= 11 is 0. The van der Waals surface area contributed by atoms with E-state index in [1.54, 1.807) is 5.56 Å². The lowest BCUT2D eigenvalue weighted by molar-refractivity contribution is 0.673. The zero-order valence-electron chi connectivity index (χ0n) is 9.26. The van der Waals surface area contributed by atoms with Gasteiger partial charge in [-0.05, 0) is 47.9 Å². The van der Waals surface area contributed by atoms with Crippen LogP contribution in [-0.4, -0.2) is 4.98 Å². The van der Waals surface area contributed by atoms with E-state index in [4.69, 9.17) is 0 Å². The zero-order chi connectivity index (χ0) is 10.8. The van der Waals surface area contributed by atoms with E-state index < -0.39 is 0 Å². The maximum atomic E-state index is 4.18. The van der Waals surface area contributed by atoms with Gasteiger partial charge in [0, 0.05) is 12.4 Å². The van der Waals surface area contributed by atoms with E-state index in [1.807, 2.05) is 18.5 Å². The number of hydrogen-bond acceptors (Lipinski definition) is 1. The van der Waals surface area contributed by atoms with Crippen molar-refractivity contribution in [3.8, 4) is 0 Å². The third kappa shape index (κ3) is 1.73. The van der Waals surface area contributed by atoms with Crippen molar-refractivity contribution in [1.29, 1.82) is 0 Å². The third-order valence-corrected chi connectivity index (χ3v) is 3.46. The van der Waals surface area contributed by atoms with Crippen LogP contribution in [0.2, 0.25) is 0 Å². The summed E-state index contributed by atoms with van der Waals surface area (Å²) in [6.07, 6.45) is 7.48. The van der Waals surface area contributed by atoms with Crippen molar-refractivity contribution in [2.45, 2.75) is 25.2 Å². The Bertz CT molecular complexity index is 476. The number of benzene rings is 1. The van der Waals surface area contributed by atoms with Gasteiger partial charge in [-0.3, -0.25) is 4.98 Å². The lowest BCUT2D eigenvalue weighted by atomic mass is 9.94. The van der Waals surface area contributed by atoms with Gasteiger partial charge in [0.1, 0.15) is 0 Å². The van der Waals surface area contributed by atoms with Crippen LogP contribution < -0.4 is 0 Å². The van der Waals surface area contributed by atoms with Gasteiger partial charge >= 0.3 is 0 Å². The van der Waals surface area contributed by atoms with E-state index in [-0.39, 0.29) is 0 Å². The van der Waals surface area contributed by atoms with Gasteiger partial charge in [0.25, 0.3) is 0 Å². The molecule has 1 heterocycles. The van der Waals surface area contributed by atoms with Crippen LogP contribution in [0.25, 0.3) is 0 Å². The normalized spacial score (nSPS) is 18.4. The minimum Gasteiger partial charge on any atom is -0.264 e. The van der Waals surface area contributed by atoms with Crippen LogP contribution in [0, 0.1) is 0 Å². The molecule has 0 amide bonds. The predicted octanol–water partition coefficient (Wildman–Crippen LogP) is 3.35. The van der Waals surface area contributed by atoms with Crippen LogP contribution >= 0.6 is 0 Å². The lowest BCUT2D eigenvalue weighted by Crippen LogP contribution is -1.98. The molecule has 0 fully saturated rings. The zero-order valence-corrected chi connectivity index (χ0v) is 9.26. The molecule has 1 aromatic heterocycles. The minimum absolute atomic E-state index is 0.695. The summed E-state index contributed by atoms with van der Waals surface area (Å²) in [4.78, 5) is 4.18. The van der Waals surface area contributed by atoms with Crippen LogP contribution in [0.1, 0.15) is 29.0 Å². The molecule has 0 aliphatic heterocycles. The first kappa shape index (κ1) is 9.59. The molecule has 0 bridgehead atoms. The van der Waals surface area contributed by atoms with E-state index in [0.717, 1.165) is 6.42 Å². The number of rotatable bonds is 2. The van der Waals surface area contributed by atoms with Gasteiger partial charge in [-0.2, -0.15) is 0 Å². The molecule has 1 unspecified atom stereocenters. The van der Waals surface area contributed by atoms with Crippen molar-refractivity contribution in [3.63, 3.8) is 0 Å². The highest BCUT2D eigenvalue weighted by molar-refractivity contribution is 5.36. The second-order valence-corrected chi connectivity index (χ2v) is 4.50. The summed E-state index contributed by atoms with van der Waals surface area (Å²) in [6, 6.07) is 13.0. The Morgan fingerprint density at radius 1 is 1.12 bits per heavy atom. The molecule has 80 valence electrons. The Kier molecular flexibility index (Phi) is 2.45. The number of nitrogens with zero attached hydrogens (tertiary/aromatic N) is 1. The summed E-state index contributed by atoms with van der Waals surface area (Å²) in [6.45, 7) is 0. The van der Waals surface area contributed by atoms with Gasteiger partial charge in [0.2, 0.25) is 0 Å². The van der Waals surface area contributed by atoms with Crippen molar-refractivity contribution in [2.24, 2.45) is 0 Å². The molecule has 1 aromatic carbocycles. The SMILES string of the molecule is c1cncc(CC2CCc3ccccc32)c1. The average Bonchev–Trinajstić information content (AvgIpc) is 2.74. The van der Waals surface area contributed by atoms with E-state index in [1.165, 1.54) is 24.0 Å². The molecule has 1 aliphatic carbocycles. The van der Waals surface area contributed by atoms with E-state index in [2.05, 4.69) is 35.3 Å². The summed E-state index contributed by atoms with van der Waals surface area (Å²) in [5, 5.41) is 0. The first-order chi connectivity index (χ1) is 7.93. The monoisotopic (exact) mass is 209 g/mol. The van der Waals surface area contributed by atoms with Crippen LogP contribution in [0.15, 0.2) is 48.8 Å². The average molecular weight is 209 g/mol. The molecule has 0 radical (unpaired) electrons. The lowest BCUT2D eigenvalue weighted by Gasteiger charge is -2.10. The maximum absolute atomic E-state index is 4.18. The Hall–Kier alpha value is -1.63. The maximum Gasteiger partial charge on any atom is 0.0300 e. The van der Waals surface area contributed by atoms with E-state index in [9.17, 15) is 0 Å². The summed E-state index contributed by atoms with van der Waals surface area (Å²) < 4.78 is 0. The Balaban J connectivity index is 1.84. The van der Waals surface area contributed by atoms with Gasteiger partial charge in [-0.25, -0.2) is 0 Å². The summed E-state index contributed by atoms with van der Waals surface area (Å²) in [5.41, 5.74) is 4.44. The summed E-state index contributed by atoms with van der Waals surface area (Å²) in [5.74, 6) is 0.695. The molecule has 0 saturated carbocycles. The Morgan fingerprint density at radius 2 is 2.06 bits per heavy atom. The summed E-state index contributed by atoms with van der Waals surface area (Å²) in [7, 11) is 0. The molecular formula is C15H15N. The number of aryl methyl sites for hydroxylation is 1. The topological polar surface area (TPSA) is 12.9 Å². The molecule has 1 heteroatoms. The van der Waals surface area contributed by atoms with Crippen molar-refractivity contribution >= 4 is 0 Å². The first-order valence-corrected chi connectivity index (χ1v) is 5.90. The fraction of sp³-hybridized carbons (Fsp3) is 0.267. The largest absolute Gasteiger partial charge is 0.264 e. The van der Waals surface area contributed by atoms with Crippen molar-refractivity contribution < 1.29 is 0 Å². The van der Waals surface area contributed by atoms with Crippen LogP contribution in [0.3, 0.4) is 0 Å². The van der Waals surface area contributed by atoms with Crippen LogP contribution in [-0.2, 0) is 12.8 Å². The van der Waals surface area contributed by atoms with Gasteiger partial charge in [0.15, 0.2) is 0 Å². The fourth-order valence-electron chi connectivity index (χ4n) is 2.66. The molecule has 2 aromatic rings. The molecule has 0 saturated heterocycles. The van der Waals surface area contributed by atoms with Gasteiger partial charge in [-0.15, -0.1) is 0 Å². The van der Waals surface area contributed by atoms with Crippen molar-refractivity contribution in [3.05, 3.63) is 65.5 Å². The highest BCUT2D eigenvalue weighted by Gasteiger charge is 2.21. The number of pyridine rings is 1. The highest BCUT2D eigenvalue weighted by Crippen LogP contribution is 2.34. The first-order valence-electron chi connectivity index (χ1n) is 5.90. The number of aromatic nitrogens is 1. The van der Waals surface area contributed by atoms with Crippen molar-refractivity contribution in [1.82, 2.24) is 4.98 Å². The quantitative estimate of drug-likeness (QED) is 0.739. The van der Waals surface area contributed by atoms with Gasteiger partial charge in [-0.1, -0.05) is 30.3 Å². The highest BCUT2D eigenvalue weighted by atomic mass is 14.6. The molecule has 0 spiro atoms. The fourth-order valence-corrected chi connectivity index (χ4v) is 2.66. The van der Waals surface area contributed by atoms with E-state index >= 15 is 0 Å². The molecule has 1 nitrogen and oxygen atoms in total. The molecular weight excluding hydrogens is 194 g/mol. The van der Waals surface area contributed by atoms with Gasteiger partial charge < -0.3 is 0 Å². The predicted molar refractivity (Wildman–Crippen MR) is 65.4 cm³/mol. The van der Waals surface area contributed by atoms with E-state index in [0.29, 0.717) is 5.92 Å². The second-order valence-electron chi connectivity index (χ2n) is 4.50. The van der Waals surface area contributed by atoms with Crippen LogP contribution in [0.5, 0.6) is 0 Å². The molecule has 16 heavy (non-hydrogen) atoms. The van der Waals surface area contributed by atoms with Crippen molar-refractivity contribution in [2.75, 3.05) is 0 Å². The Morgan fingerprint density at radius 3 is 2.94 bits per heavy atom. The number of fused-ring (bicyclic) bond motifs is 1. The number of hydrogen-bond donors (Lipinski definition) is 0. The molecule has 1 aliphatic rings. The smallest absolute Gasteiger partial charge is 0.0300 e. The standard InChI is InChI=1S/C15H15N/c1-2-6-15-13(5-1)7-8-14(15)10-12-4-3-9-16-11-12/h1-6,9,11,14H,7-8,10H2. The third-order valence-electron chi connectivity index (χ3n) is 3.46. The minimum atomic E-state index is 0.695. The molecule has 0 N–H and O–H groups in total. The molecule has 3 rings (SSSR count).